The monoisotopic (exact) mass is 324 g/mol. The Labute approximate surface area is 131 Å². The number of aryl methyl sites for hydroxylation is 1. The zero-order valence-electron chi connectivity index (χ0n) is 11.9. The third-order valence-corrected chi connectivity index (χ3v) is 4.66. The van der Waals surface area contributed by atoms with E-state index in [0.717, 1.165) is 9.35 Å². The summed E-state index contributed by atoms with van der Waals surface area (Å²) in [5.74, 6) is 0.429. The highest BCUT2D eigenvalue weighted by atomic mass is 32.2. The highest BCUT2D eigenvalue weighted by Crippen LogP contribution is 2.30. The number of nitrogens with one attached hydrogen (secondary N) is 1. The molecule has 8 heteroatoms. The maximum atomic E-state index is 12.2. The molecule has 0 aliphatic heterocycles. The molecule has 0 aliphatic rings. The largest absolute Gasteiger partial charge is 0.495 e. The molecule has 1 amide bonds. The number of carbonyl (C=O) groups is 1. The van der Waals surface area contributed by atoms with Crippen molar-refractivity contribution in [3.8, 4) is 5.75 Å². The van der Waals surface area contributed by atoms with Crippen LogP contribution in [0.4, 0.5) is 11.4 Å². The Morgan fingerprint density at radius 2 is 2.24 bits per heavy atom. The summed E-state index contributed by atoms with van der Waals surface area (Å²) in [5, 5.41) is 11.3. The number of nitrogen functional groups attached to an aromatic ring is 1. The van der Waals surface area contributed by atoms with Crippen LogP contribution < -0.4 is 15.8 Å². The second-order valence-electron chi connectivity index (χ2n) is 4.30. The average Bonchev–Trinajstić information content (AvgIpc) is 2.84. The number of amides is 1. The van der Waals surface area contributed by atoms with Crippen LogP contribution in [0.3, 0.4) is 0 Å². The van der Waals surface area contributed by atoms with Crippen molar-refractivity contribution in [2.45, 2.75) is 23.4 Å². The van der Waals surface area contributed by atoms with Gasteiger partial charge in [0.05, 0.1) is 18.0 Å². The summed E-state index contributed by atoms with van der Waals surface area (Å²) in [7, 11) is 1.55. The summed E-state index contributed by atoms with van der Waals surface area (Å²) in [6.45, 7) is 3.69. The Kier molecular flexibility index (Phi) is 5.03. The molecule has 0 fully saturated rings. The van der Waals surface area contributed by atoms with Crippen LogP contribution in [0.2, 0.25) is 0 Å². The van der Waals surface area contributed by atoms with Gasteiger partial charge in [0, 0.05) is 5.69 Å². The number of aromatic nitrogens is 2. The van der Waals surface area contributed by atoms with E-state index < -0.39 is 0 Å². The highest BCUT2D eigenvalue weighted by molar-refractivity contribution is 8.02. The van der Waals surface area contributed by atoms with Gasteiger partial charge in [-0.05, 0) is 32.0 Å². The molecule has 0 bridgehead atoms. The fourth-order valence-electron chi connectivity index (χ4n) is 1.59. The summed E-state index contributed by atoms with van der Waals surface area (Å²) in [5.41, 5.74) is 6.85. The molecule has 2 rings (SSSR count). The van der Waals surface area contributed by atoms with E-state index in [0.29, 0.717) is 17.1 Å². The Hall–Kier alpha value is -1.80. The summed E-state index contributed by atoms with van der Waals surface area (Å²) in [6, 6.07) is 5.11. The van der Waals surface area contributed by atoms with Gasteiger partial charge in [0.2, 0.25) is 5.91 Å². The molecular weight excluding hydrogens is 308 g/mol. The molecule has 0 aliphatic carbocycles. The van der Waals surface area contributed by atoms with Crippen LogP contribution in [0, 0.1) is 6.92 Å². The molecule has 6 nitrogen and oxygen atoms in total. The van der Waals surface area contributed by atoms with Crippen molar-refractivity contribution < 1.29 is 9.53 Å². The average molecular weight is 324 g/mol. The van der Waals surface area contributed by atoms with Crippen LogP contribution in [-0.2, 0) is 4.79 Å². The predicted molar refractivity (Wildman–Crippen MR) is 86.0 cm³/mol. The number of thioether (sulfide) groups is 1. The number of methoxy groups -OCH3 is 1. The van der Waals surface area contributed by atoms with E-state index in [-0.39, 0.29) is 11.2 Å². The van der Waals surface area contributed by atoms with Gasteiger partial charge in [-0.25, -0.2) is 0 Å². The fraction of sp³-hybridized carbons (Fsp3) is 0.308. The molecule has 0 radical (unpaired) electrons. The number of ether oxygens (including phenoxy) is 1. The van der Waals surface area contributed by atoms with Crippen molar-refractivity contribution in [2.24, 2.45) is 0 Å². The van der Waals surface area contributed by atoms with Gasteiger partial charge < -0.3 is 15.8 Å². The first-order valence-electron chi connectivity index (χ1n) is 6.20. The second kappa shape index (κ2) is 6.77. The van der Waals surface area contributed by atoms with Gasteiger partial charge in [-0.1, -0.05) is 23.1 Å². The number of carbonyl (C=O) groups excluding carboxylic acids is 1. The van der Waals surface area contributed by atoms with Crippen molar-refractivity contribution >= 4 is 40.4 Å². The predicted octanol–water partition coefficient (Wildman–Crippen LogP) is 2.56. The lowest BCUT2D eigenvalue weighted by Gasteiger charge is -2.13. The van der Waals surface area contributed by atoms with Crippen LogP contribution in [0.15, 0.2) is 22.5 Å². The molecule has 2 aromatic rings. The Morgan fingerprint density at radius 3 is 2.86 bits per heavy atom. The minimum atomic E-state index is -0.302. The molecular formula is C13H16N4O2S2. The number of nitrogens with zero attached hydrogens (tertiary/aromatic N) is 2. The Bertz CT molecular complexity index is 645. The molecule has 1 heterocycles. The number of hydrogen-bond acceptors (Lipinski definition) is 7. The van der Waals surface area contributed by atoms with Gasteiger partial charge in [0.25, 0.3) is 0 Å². The van der Waals surface area contributed by atoms with Crippen LogP contribution in [0.1, 0.15) is 11.9 Å². The highest BCUT2D eigenvalue weighted by Gasteiger charge is 2.18. The molecule has 0 saturated carbocycles. The third-order valence-electron chi connectivity index (χ3n) is 2.64. The van der Waals surface area contributed by atoms with E-state index in [1.807, 2.05) is 13.8 Å². The quantitative estimate of drug-likeness (QED) is 0.649. The SMILES string of the molecule is COc1ccc(N)cc1NC(=O)C(C)Sc1nnc(C)s1. The lowest BCUT2D eigenvalue weighted by molar-refractivity contribution is -0.115. The topological polar surface area (TPSA) is 90.1 Å². The van der Waals surface area contributed by atoms with E-state index in [1.165, 1.54) is 23.1 Å². The van der Waals surface area contributed by atoms with E-state index >= 15 is 0 Å². The molecule has 1 aromatic carbocycles. The maximum absolute atomic E-state index is 12.2. The van der Waals surface area contributed by atoms with Gasteiger partial charge in [-0.2, -0.15) is 0 Å². The summed E-state index contributed by atoms with van der Waals surface area (Å²) < 4.78 is 5.98. The zero-order valence-corrected chi connectivity index (χ0v) is 13.5. The smallest absolute Gasteiger partial charge is 0.237 e. The number of nitrogens with two attached hydrogens (primary N) is 1. The van der Waals surface area contributed by atoms with Crippen molar-refractivity contribution in [1.29, 1.82) is 0 Å². The van der Waals surface area contributed by atoms with Gasteiger partial charge in [0.15, 0.2) is 4.34 Å². The first kappa shape index (κ1) is 15.6. The maximum Gasteiger partial charge on any atom is 0.237 e. The minimum Gasteiger partial charge on any atom is -0.495 e. The van der Waals surface area contributed by atoms with Crippen molar-refractivity contribution in [2.75, 3.05) is 18.2 Å². The molecule has 0 spiro atoms. The Morgan fingerprint density at radius 1 is 1.48 bits per heavy atom. The third kappa shape index (κ3) is 4.08. The lowest BCUT2D eigenvalue weighted by Crippen LogP contribution is -2.22. The van der Waals surface area contributed by atoms with E-state index in [4.69, 9.17) is 10.5 Å². The van der Waals surface area contributed by atoms with Crippen molar-refractivity contribution in [3.63, 3.8) is 0 Å². The first-order chi connectivity index (χ1) is 9.99. The van der Waals surface area contributed by atoms with Crippen molar-refractivity contribution in [1.82, 2.24) is 10.2 Å². The lowest BCUT2D eigenvalue weighted by atomic mass is 10.2. The molecule has 0 saturated heterocycles. The minimum absolute atomic E-state index is 0.142. The summed E-state index contributed by atoms with van der Waals surface area (Å²) >= 11 is 2.84. The molecule has 21 heavy (non-hydrogen) atoms. The molecule has 112 valence electrons. The first-order valence-corrected chi connectivity index (χ1v) is 7.90. The second-order valence-corrected chi connectivity index (χ2v) is 7.07. The van der Waals surface area contributed by atoms with E-state index in [9.17, 15) is 4.79 Å². The Balaban J connectivity index is 2.05. The molecule has 1 atom stereocenters. The number of rotatable bonds is 5. The number of hydrogen-bond donors (Lipinski definition) is 2. The standard InChI is InChI=1S/C13H16N4O2S2/c1-7(20-13-17-16-8(2)21-13)12(18)15-10-6-9(14)4-5-11(10)19-3/h4-7H,14H2,1-3H3,(H,15,18). The molecule has 3 N–H and O–H groups in total. The van der Waals surface area contributed by atoms with Crippen LogP contribution in [0.25, 0.3) is 0 Å². The van der Waals surface area contributed by atoms with Gasteiger partial charge in [-0.3, -0.25) is 4.79 Å². The summed E-state index contributed by atoms with van der Waals surface area (Å²) in [4.78, 5) is 12.2. The summed E-state index contributed by atoms with van der Waals surface area (Å²) in [6.07, 6.45) is 0. The molecule has 1 aromatic heterocycles. The number of anilines is 2. The van der Waals surface area contributed by atoms with Crippen molar-refractivity contribution in [3.05, 3.63) is 23.2 Å². The zero-order chi connectivity index (χ0) is 15.4. The number of benzene rings is 1. The molecule has 1 unspecified atom stereocenters. The van der Waals surface area contributed by atoms with Crippen LogP contribution >= 0.6 is 23.1 Å². The van der Waals surface area contributed by atoms with Crippen LogP contribution in [0.5, 0.6) is 5.75 Å². The van der Waals surface area contributed by atoms with Gasteiger partial charge in [0.1, 0.15) is 10.8 Å². The fourth-order valence-corrected chi connectivity index (χ4v) is 3.55. The van der Waals surface area contributed by atoms with E-state index in [2.05, 4.69) is 15.5 Å². The van der Waals surface area contributed by atoms with E-state index in [1.54, 1.807) is 25.3 Å². The normalized spacial score (nSPS) is 12.0. The van der Waals surface area contributed by atoms with Crippen LogP contribution in [-0.4, -0.2) is 28.5 Å². The van der Waals surface area contributed by atoms with Gasteiger partial charge in [-0.15, -0.1) is 10.2 Å². The van der Waals surface area contributed by atoms with Gasteiger partial charge >= 0.3 is 0 Å².